The van der Waals surface area contributed by atoms with Crippen LogP contribution in [0.1, 0.15) is 68.5 Å². The van der Waals surface area contributed by atoms with Crippen molar-refractivity contribution in [3.05, 3.63) is 53.2 Å². The molecule has 0 fully saturated rings. The largest absolute Gasteiger partial charge is 0.447 e. The molecule has 0 aliphatic heterocycles. The van der Waals surface area contributed by atoms with E-state index in [0.29, 0.717) is 30.1 Å². The molecule has 0 bridgehead atoms. The van der Waals surface area contributed by atoms with Crippen LogP contribution in [0.2, 0.25) is 0 Å². The molecule has 2 aromatic rings. The van der Waals surface area contributed by atoms with E-state index in [1.165, 1.54) is 17.4 Å². The van der Waals surface area contributed by atoms with Crippen molar-refractivity contribution in [3.8, 4) is 0 Å². The van der Waals surface area contributed by atoms with Gasteiger partial charge in [0.1, 0.15) is 6.26 Å². The van der Waals surface area contributed by atoms with Crippen LogP contribution in [-0.2, 0) is 13.1 Å². The lowest BCUT2D eigenvalue weighted by molar-refractivity contribution is 0.0934. The van der Waals surface area contributed by atoms with Crippen LogP contribution in [0.25, 0.3) is 0 Å². The molecule has 0 aliphatic rings. The highest BCUT2D eigenvalue weighted by Crippen LogP contribution is 2.18. The summed E-state index contributed by atoms with van der Waals surface area (Å²) in [5.74, 6) is 0.892. The molecule has 2 atom stereocenters. The minimum Gasteiger partial charge on any atom is -0.447 e. The summed E-state index contributed by atoms with van der Waals surface area (Å²) in [4.78, 5) is 19.0. The van der Waals surface area contributed by atoms with Gasteiger partial charge >= 0.3 is 0 Å². The smallest absolute Gasteiger partial charge is 0.273 e. The van der Waals surface area contributed by atoms with Crippen LogP contribution >= 0.6 is 0 Å². The molecule has 1 aromatic carbocycles. The first kappa shape index (κ1) is 21.2. The summed E-state index contributed by atoms with van der Waals surface area (Å²) in [6.07, 6.45) is 2.34. The second-order valence-electron chi connectivity index (χ2n) is 7.78. The molecule has 27 heavy (non-hydrogen) atoms. The number of hydrogen-bond acceptors (Lipinski definition) is 4. The van der Waals surface area contributed by atoms with Gasteiger partial charge < -0.3 is 9.73 Å². The maximum Gasteiger partial charge on any atom is 0.273 e. The summed E-state index contributed by atoms with van der Waals surface area (Å²) in [5.41, 5.74) is 2.86. The Hall–Kier alpha value is -2.14. The van der Waals surface area contributed by atoms with Crippen LogP contribution in [0.15, 0.2) is 34.9 Å². The van der Waals surface area contributed by atoms with Gasteiger partial charge in [0.15, 0.2) is 5.69 Å². The normalized spacial score (nSPS) is 13.8. The summed E-state index contributed by atoms with van der Waals surface area (Å²) in [5, 5.41) is 2.92. The third-order valence-electron chi connectivity index (χ3n) is 5.16. The maximum atomic E-state index is 12.2. The molecule has 0 radical (unpaired) electrons. The molecule has 0 unspecified atom stereocenters. The lowest BCUT2D eigenvalue weighted by Crippen LogP contribution is -2.36. The predicted molar refractivity (Wildman–Crippen MR) is 108 cm³/mol. The molecule has 0 saturated heterocycles. The molecule has 1 amide bonds. The van der Waals surface area contributed by atoms with Crippen molar-refractivity contribution in [1.29, 1.82) is 0 Å². The Labute approximate surface area is 163 Å². The van der Waals surface area contributed by atoms with E-state index in [1.54, 1.807) is 0 Å². The fourth-order valence-electron chi connectivity index (χ4n) is 2.75. The zero-order chi connectivity index (χ0) is 20.0. The van der Waals surface area contributed by atoms with Crippen LogP contribution < -0.4 is 5.32 Å². The Morgan fingerprint density at radius 3 is 2.41 bits per heavy atom. The van der Waals surface area contributed by atoms with Crippen molar-refractivity contribution in [1.82, 2.24) is 15.2 Å². The molecule has 1 aromatic heterocycles. The number of carbonyl (C=O) groups is 1. The van der Waals surface area contributed by atoms with Gasteiger partial charge in [-0.15, -0.1) is 0 Å². The average molecular weight is 372 g/mol. The molecule has 148 valence electrons. The quantitative estimate of drug-likeness (QED) is 0.702. The van der Waals surface area contributed by atoms with E-state index in [9.17, 15) is 4.79 Å². The van der Waals surface area contributed by atoms with E-state index in [4.69, 9.17) is 4.42 Å². The van der Waals surface area contributed by atoms with Gasteiger partial charge in [-0.05, 0) is 38.7 Å². The lowest BCUT2D eigenvalue weighted by Gasteiger charge is -2.30. The fourth-order valence-corrected chi connectivity index (χ4v) is 2.75. The number of aryl methyl sites for hydroxylation is 1. The third kappa shape index (κ3) is 6.21. The zero-order valence-electron chi connectivity index (χ0n) is 17.5. The summed E-state index contributed by atoms with van der Waals surface area (Å²) >= 11 is 0. The van der Waals surface area contributed by atoms with Crippen molar-refractivity contribution >= 4 is 5.91 Å². The number of benzene rings is 1. The standard InChI is InChI=1S/C22H33N3O2/c1-7-17(5)23-22(26)20-14-27-21(24-20)13-25(18(6)15(2)3)12-19-10-8-16(4)9-11-19/h8-11,14-15,17-18H,7,12-13H2,1-6H3,(H,23,26)/t17-,18-/m1/s1. The molecular weight excluding hydrogens is 338 g/mol. The Morgan fingerprint density at radius 2 is 1.81 bits per heavy atom. The number of nitrogens with zero attached hydrogens (tertiary/aromatic N) is 2. The van der Waals surface area contributed by atoms with Crippen molar-refractivity contribution < 1.29 is 9.21 Å². The number of amides is 1. The fraction of sp³-hybridized carbons (Fsp3) is 0.545. The summed E-state index contributed by atoms with van der Waals surface area (Å²) < 4.78 is 5.60. The first-order valence-electron chi connectivity index (χ1n) is 9.85. The van der Waals surface area contributed by atoms with Crippen LogP contribution in [-0.4, -0.2) is 27.9 Å². The minimum absolute atomic E-state index is 0.122. The monoisotopic (exact) mass is 371 g/mol. The van der Waals surface area contributed by atoms with Gasteiger partial charge in [0, 0.05) is 18.6 Å². The van der Waals surface area contributed by atoms with Gasteiger partial charge in [0.2, 0.25) is 5.89 Å². The third-order valence-corrected chi connectivity index (χ3v) is 5.16. The first-order valence-corrected chi connectivity index (χ1v) is 9.85. The number of carbonyl (C=O) groups excluding carboxylic acids is 1. The number of aromatic nitrogens is 1. The van der Waals surface area contributed by atoms with Gasteiger partial charge in [0.25, 0.3) is 5.91 Å². The Kier molecular flexibility index (Phi) is 7.60. The van der Waals surface area contributed by atoms with E-state index in [2.05, 4.69) is 67.2 Å². The molecule has 5 nitrogen and oxygen atoms in total. The lowest BCUT2D eigenvalue weighted by atomic mass is 10.0. The second kappa shape index (κ2) is 9.70. The van der Waals surface area contributed by atoms with Crippen molar-refractivity contribution in [2.45, 2.75) is 73.1 Å². The topological polar surface area (TPSA) is 58.4 Å². The SMILES string of the molecule is CC[C@@H](C)NC(=O)c1coc(CN(Cc2ccc(C)cc2)[C@H](C)C(C)C)n1. The molecule has 0 saturated carbocycles. The minimum atomic E-state index is -0.179. The maximum absolute atomic E-state index is 12.2. The Balaban J connectivity index is 2.11. The molecular formula is C22H33N3O2. The molecule has 0 spiro atoms. The number of oxazole rings is 1. The van der Waals surface area contributed by atoms with Crippen LogP contribution in [0.3, 0.4) is 0 Å². The first-order chi connectivity index (χ1) is 12.8. The van der Waals surface area contributed by atoms with E-state index in [-0.39, 0.29) is 11.9 Å². The van der Waals surface area contributed by atoms with Gasteiger partial charge in [-0.25, -0.2) is 4.98 Å². The summed E-state index contributed by atoms with van der Waals surface area (Å²) in [6.45, 7) is 14.2. The Bertz CT molecular complexity index is 721. The molecule has 5 heteroatoms. The van der Waals surface area contributed by atoms with E-state index in [0.717, 1.165) is 13.0 Å². The van der Waals surface area contributed by atoms with E-state index >= 15 is 0 Å². The molecule has 0 aliphatic carbocycles. The van der Waals surface area contributed by atoms with Gasteiger partial charge in [-0.1, -0.05) is 50.6 Å². The van der Waals surface area contributed by atoms with Gasteiger partial charge in [-0.2, -0.15) is 0 Å². The van der Waals surface area contributed by atoms with Gasteiger partial charge in [0.05, 0.1) is 6.54 Å². The highest BCUT2D eigenvalue weighted by molar-refractivity contribution is 5.92. The number of rotatable bonds is 9. The van der Waals surface area contributed by atoms with Gasteiger partial charge in [-0.3, -0.25) is 9.69 Å². The van der Waals surface area contributed by atoms with Crippen LogP contribution in [0.5, 0.6) is 0 Å². The average Bonchev–Trinajstić information content (AvgIpc) is 3.10. The number of nitrogens with one attached hydrogen (secondary N) is 1. The molecule has 2 rings (SSSR count). The molecule has 1 N–H and O–H groups in total. The number of hydrogen-bond donors (Lipinski definition) is 1. The highest BCUT2D eigenvalue weighted by Gasteiger charge is 2.21. The van der Waals surface area contributed by atoms with Crippen LogP contribution in [0, 0.1) is 12.8 Å². The van der Waals surface area contributed by atoms with Crippen molar-refractivity contribution in [2.75, 3.05) is 0 Å². The summed E-state index contributed by atoms with van der Waals surface area (Å²) in [7, 11) is 0. The summed E-state index contributed by atoms with van der Waals surface area (Å²) in [6, 6.07) is 9.07. The highest BCUT2D eigenvalue weighted by atomic mass is 16.3. The second-order valence-corrected chi connectivity index (χ2v) is 7.78. The molecule has 1 heterocycles. The van der Waals surface area contributed by atoms with E-state index in [1.807, 2.05) is 13.8 Å². The Morgan fingerprint density at radius 1 is 1.15 bits per heavy atom. The zero-order valence-corrected chi connectivity index (χ0v) is 17.5. The predicted octanol–water partition coefficient (Wildman–Crippen LogP) is 4.56. The van der Waals surface area contributed by atoms with Crippen LogP contribution in [0.4, 0.5) is 0 Å². The van der Waals surface area contributed by atoms with E-state index < -0.39 is 0 Å². The van der Waals surface area contributed by atoms with Crippen molar-refractivity contribution in [2.24, 2.45) is 5.92 Å². The van der Waals surface area contributed by atoms with Crippen molar-refractivity contribution in [3.63, 3.8) is 0 Å².